The van der Waals surface area contributed by atoms with E-state index in [0.717, 1.165) is 31.4 Å². The summed E-state index contributed by atoms with van der Waals surface area (Å²) in [4.78, 5) is 16.4. The maximum Gasteiger partial charge on any atom is 0.239 e. The fourth-order valence-corrected chi connectivity index (χ4v) is 2.88. The lowest BCUT2D eigenvalue weighted by Gasteiger charge is -2.32. The van der Waals surface area contributed by atoms with Gasteiger partial charge >= 0.3 is 0 Å². The van der Waals surface area contributed by atoms with E-state index >= 15 is 0 Å². The molecular weight excluding hydrogens is 252 g/mol. The van der Waals surface area contributed by atoms with E-state index in [0.29, 0.717) is 19.0 Å². The van der Waals surface area contributed by atoms with Gasteiger partial charge in [0.05, 0.1) is 12.1 Å². The summed E-state index contributed by atoms with van der Waals surface area (Å²) in [5, 5.41) is 9.90. The second-order valence-corrected chi connectivity index (χ2v) is 6.18. The molecule has 3 unspecified atom stereocenters. The molecule has 1 fully saturated rings. The van der Waals surface area contributed by atoms with Gasteiger partial charge in [-0.1, -0.05) is 18.6 Å². The molecule has 1 N–H and O–H groups in total. The van der Waals surface area contributed by atoms with Gasteiger partial charge in [0.25, 0.3) is 0 Å². The van der Waals surface area contributed by atoms with Crippen molar-refractivity contribution in [3.8, 4) is 0 Å². The summed E-state index contributed by atoms with van der Waals surface area (Å²) in [5.41, 5.74) is 1.00. The van der Waals surface area contributed by atoms with Gasteiger partial charge in [0, 0.05) is 19.6 Å². The number of carbonyl (C=O) groups excluding carboxylic acids is 1. The van der Waals surface area contributed by atoms with Crippen LogP contribution in [0, 0.1) is 5.92 Å². The Balaban J connectivity index is 2.55. The Morgan fingerprint density at radius 3 is 2.55 bits per heavy atom. The lowest BCUT2D eigenvalue weighted by atomic mass is 10.0. The summed E-state index contributed by atoms with van der Waals surface area (Å²) in [6.45, 7) is 11.9. The highest BCUT2D eigenvalue weighted by Gasteiger charge is 2.30. The van der Waals surface area contributed by atoms with Gasteiger partial charge in [-0.2, -0.15) is 0 Å². The standard InChI is InChI=1S/C16H30N2O2/c1-6-18(10-12(2)3)16(20)13(4)17(5)11-14-8-7-9-15(14)19/h13-15,19H,2,6-11H2,1,3-5H3. The van der Waals surface area contributed by atoms with Crippen LogP contribution in [-0.2, 0) is 4.79 Å². The van der Waals surface area contributed by atoms with Crippen LogP contribution in [0.2, 0.25) is 0 Å². The van der Waals surface area contributed by atoms with Gasteiger partial charge in [-0.15, -0.1) is 0 Å². The Bertz CT molecular complexity index is 343. The molecule has 0 saturated heterocycles. The second kappa shape index (κ2) is 7.79. The van der Waals surface area contributed by atoms with Crippen molar-refractivity contribution in [3.63, 3.8) is 0 Å². The highest BCUT2D eigenvalue weighted by molar-refractivity contribution is 5.81. The largest absolute Gasteiger partial charge is 0.393 e. The number of likely N-dealkylation sites (N-methyl/N-ethyl adjacent to an activating group) is 2. The first kappa shape index (κ1) is 17.2. The zero-order valence-corrected chi connectivity index (χ0v) is 13.4. The third kappa shape index (κ3) is 4.60. The zero-order valence-electron chi connectivity index (χ0n) is 13.4. The number of amides is 1. The predicted molar refractivity (Wildman–Crippen MR) is 82.5 cm³/mol. The van der Waals surface area contributed by atoms with Crippen molar-refractivity contribution < 1.29 is 9.90 Å². The van der Waals surface area contributed by atoms with Crippen molar-refractivity contribution in [1.29, 1.82) is 0 Å². The molecular formula is C16H30N2O2. The van der Waals surface area contributed by atoms with Crippen LogP contribution in [0.5, 0.6) is 0 Å². The predicted octanol–water partition coefficient (Wildman–Crippen LogP) is 1.89. The minimum Gasteiger partial charge on any atom is -0.393 e. The summed E-state index contributed by atoms with van der Waals surface area (Å²) in [7, 11) is 1.97. The van der Waals surface area contributed by atoms with Gasteiger partial charge in [-0.25, -0.2) is 0 Å². The number of nitrogens with zero attached hydrogens (tertiary/aromatic N) is 2. The Labute approximate surface area is 123 Å². The average molecular weight is 282 g/mol. The molecule has 0 aromatic rings. The highest BCUT2D eigenvalue weighted by Crippen LogP contribution is 2.26. The van der Waals surface area contributed by atoms with E-state index in [1.165, 1.54) is 0 Å². The molecule has 1 rings (SSSR count). The summed E-state index contributed by atoms with van der Waals surface area (Å²) in [5.74, 6) is 0.456. The third-order valence-electron chi connectivity index (χ3n) is 4.31. The quantitative estimate of drug-likeness (QED) is 0.725. The van der Waals surface area contributed by atoms with Crippen LogP contribution in [0.3, 0.4) is 0 Å². The van der Waals surface area contributed by atoms with Gasteiger partial charge in [0.2, 0.25) is 5.91 Å². The zero-order chi connectivity index (χ0) is 15.3. The number of rotatable bonds is 7. The summed E-state index contributed by atoms with van der Waals surface area (Å²) in [6.07, 6.45) is 2.86. The van der Waals surface area contributed by atoms with Crippen molar-refractivity contribution >= 4 is 5.91 Å². The van der Waals surface area contributed by atoms with Crippen molar-refractivity contribution in [1.82, 2.24) is 9.80 Å². The average Bonchev–Trinajstić information content (AvgIpc) is 2.79. The van der Waals surface area contributed by atoms with Crippen LogP contribution in [0.25, 0.3) is 0 Å². The monoisotopic (exact) mass is 282 g/mol. The van der Waals surface area contributed by atoms with Crippen molar-refractivity contribution in [2.75, 3.05) is 26.7 Å². The molecule has 0 aromatic carbocycles. The van der Waals surface area contributed by atoms with Gasteiger partial charge in [0.1, 0.15) is 0 Å². The van der Waals surface area contributed by atoms with Crippen LogP contribution in [0.4, 0.5) is 0 Å². The van der Waals surface area contributed by atoms with E-state index < -0.39 is 0 Å². The molecule has 0 bridgehead atoms. The second-order valence-electron chi connectivity index (χ2n) is 6.18. The highest BCUT2D eigenvalue weighted by atomic mass is 16.3. The van der Waals surface area contributed by atoms with Gasteiger partial charge < -0.3 is 10.0 Å². The van der Waals surface area contributed by atoms with Gasteiger partial charge in [-0.3, -0.25) is 9.69 Å². The molecule has 3 atom stereocenters. The lowest BCUT2D eigenvalue weighted by Crippen LogP contribution is -2.47. The molecule has 0 spiro atoms. The van der Waals surface area contributed by atoms with Crippen LogP contribution in [0.1, 0.15) is 40.0 Å². The fourth-order valence-electron chi connectivity index (χ4n) is 2.88. The molecule has 1 aliphatic carbocycles. The van der Waals surface area contributed by atoms with Crippen molar-refractivity contribution in [3.05, 3.63) is 12.2 Å². The molecule has 20 heavy (non-hydrogen) atoms. The number of hydrogen-bond acceptors (Lipinski definition) is 3. The number of carbonyl (C=O) groups is 1. The van der Waals surface area contributed by atoms with E-state index in [1.807, 2.05) is 32.7 Å². The Hall–Kier alpha value is -0.870. The number of aliphatic hydroxyl groups is 1. The van der Waals surface area contributed by atoms with E-state index in [9.17, 15) is 9.90 Å². The molecule has 0 heterocycles. The SMILES string of the molecule is C=C(C)CN(CC)C(=O)C(C)N(C)CC1CCCC1O. The first-order chi connectivity index (χ1) is 9.36. The Morgan fingerprint density at radius 1 is 1.45 bits per heavy atom. The number of aliphatic hydroxyl groups excluding tert-OH is 1. The van der Waals surface area contributed by atoms with E-state index in [-0.39, 0.29) is 18.1 Å². The van der Waals surface area contributed by atoms with E-state index in [2.05, 4.69) is 11.5 Å². The molecule has 0 radical (unpaired) electrons. The van der Waals surface area contributed by atoms with Crippen LogP contribution >= 0.6 is 0 Å². The van der Waals surface area contributed by atoms with Gasteiger partial charge in [-0.05, 0) is 46.6 Å². The summed E-state index contributed by atoms with van der Waals surface area (Å²) in [6, 6.07) is -0.151. The van der Waals surface area contributed by atoms with Crippen molar-refractivity contribution in [2.24, 2.45) is 5.92 Å². The minimum atomic E-state index is -0.197. The lowest BCUT2D eigenvalue weighted by molar-refractivity contribution is -0.135. The summed E-state index contributed by atoms with van der Waals surface area (Å²) >= 11 is 0. The van der Waals surface area contributed by atoms with Crippen LogP contribution in [0.15, 0.2) is 12.2 Å². The van der Waals surface area contributed by atoms with Crippen LogP contribution < -0.4 is 0 Å². The van der Waals surface area contributed by atoms with E-state index in [4.69, 9.17) is 0 Å². The Kier molecular flexibility index (Phi) is 6.69. The molecule has 4 heteroatoms. The molecule has 4 nitrogen and oxygen atoms in total. The smallest absolute Gasteiger partial charge is 0.239 e. The van der Waals surface area contributed by atoms with Crippen molar-refractivity contribution in [2.45, 2.75) is 52.2 Å². The normalized spacial score (nSPS) is 23.9. The maximum absolute atomic E-state index is 12.5. The first-order valence-electron chi connectivity index (χ1n) is 7.68. The molecule has 0 aliphatic heterocycles. The van der Waals surface area contributed by atoms with Gasteiger partial charge in [0.15, 0.2) is 0 Å². The first-order valence-corrected chi connectivity index (χ1v) is 7.68. The Morgan fingerprint density at radius 2 is 2.10 bits per heavy atom. The molecule has 116 valence electrons. The molecule has 1 amide bonds. The summed E-state index contributed by atoms with van der Waals surface area (Å²) < 4.78 is 0. The molecule has 0 aromatic heterocycles. The minimum absolute atomic E-state index is 0.144. The topological polar surface area (TPSA) is 43.8 Å². The van der Waals surface area contributed by atoms with E-state index in [1.54, 1.807) is 0 Å². The maximum atomic E-state index is 12.5. The van der Waals surface area contributed by atoms with Crippen LogP contribution in [-0.4, -0.2) is 59.6 Å². The fraction of sp³-hybridized carbons (Fsp3) is 0.812. The molecule has 1 aliphatic rings. The third-order valence-corrected chi connectivity index (χ3v) is 4.31. The number of hydrogen-bond donors (Lipinski definition) is 1. The molecule has 1 saturated carbocycles.